The molecule has 0 spiro atoms. The average molecular weight is 202 g/mol. The molecule has 0 saturated heterocycles. The molecule has 0 amide bonds. The molecule has 72 valence electrons. The van der Waals surface area contributed by atoms with E-state index in [1.807, 2.05) is 6.92 Å². The highest BCUT2D eigenvalue weighted by Gasteiger charge is 2.05. The van der Waals surface area contributed by atoms with Gasteiger partial charge in [0, 0.05) is 11.5 Å². The number of rotatable bonds is 5. The highest BCUT2D eigenvalue weighted by Crippen LogP contribution is 2.12. The molecule has 1 aromatic rings. The molecule has 0 aliphatic carbocycles. The van der Waals surface area contributed by atoms with Crippen molar-refractivity contribution in [2.24, 2.45) is 0 Å². The first-order valence-corrected chi connectivity index (χ1v) is 4.93. The van der Waals surface area contributed by atoms with Crippen molar-refractivity contribution in [2.45, 2.75) is 19.1 Å². The van der Waals surface area contributed by atoms with Crippen molar-refractivity contribution in [3.63, 3.8) is 0 Å². The molecule has 13 heavy (non-hydrogen) atoms. The molecule has 0 atom stereocenters. The van der Waals surface area contributed by atoms with Crippen LogP contribution in [0.1, 0.15) is 17.8 Å². The molecule has 1 aromatic heterocycles. The van der Waals surface area contributed by atoms with Gasteiger partial charge in [-0.3, -0.25) is 4.79 Å². The third kappa shape index (κ3) is 3.45. The molecule has 0 unspecified atom stereocenters. The molecule has 0 saturated carbocycles. The smallest absolute Gasteiger partial charge is 0.304 e. The zero-order valence-corrected chi connectivity index (χ0v) is 8.00. The van der Waals surface area contributed by atoms with Crippen molar-refractivity contribution in [3.8, 4) is 0 Å². The summed E-state index contributed by atoms with van der Waals surface area (Å²) >= 11 is 1.51. The Labute approximate surface area is 79.5 Å². The van der Waals surface area contributed by atoms with Gasteiger partial charge >= 0.3 is 5.97 Å². The first-order valence-electron chi connectivity index (χ1n) is 3.77. The second-order valence-electron chi connectivity index (χ2n) is 2.49. The Balaban J connectivity index is 2.20. The van der Waals surface area contributed by atoms with E-state index in [1.54, 1.807) is 0 Å². The van der Waals surface area contributed by atoms with E-state index < -0.39 is 5.97 Å². The summed E-state index contributed by atoms with van der Waals surface area (Å²) in [5, 5.41) is 15.7. The van der Waals surface area contributed by atoms with Gasteiger partial charge in [0.2, 0.25) is 0 Å². The molecule has 0 bridgehead atoms. The van der Waals surface area contributed by atoms with E-state index in [-0.39, 0.29) is 6.42 Å². The van der Waals surface area contributed by atoms with Crippen LogP contribution in [0.4, 0.5) is 0 Å². The fourth-order valence-corrected chi connectivity index (χ4v) is 1.63. The van der Waals surface area contributed by atoms with Crippen LogP contribution in [0.3, 0.4) is 0 Å². The molecular weight excluding hydrogens is 192 g/mol. The van der Waals surface area contributed by atoms with Crippen LogP contribution in [0.25, 0.3) is 0 Å². The van der Waals surface area contributed by atoms with Crippen LogP contribution in [0.5, 0.6) is 0 Å². The minimum Gasteiger partial charge on any atom is -0.481 e. The number of nitrogens with zero attached hydrogens (tertiary/aromatic N) is 2. The number of aromatic nitrogens is 2. The summed E-state index contributed by atoms with van der Waals surface area (Å²) in [6.45, 7) is 1.81. The van der Waals surface area contributed by atoms with Crippen LogP contribution >= 0.6 is 11.8 Å². The van der Waals surface area contributed by atoms with E-state index in [9.17, 15) is 4.79 Å². The number of thioether (sulfide) groups is 1. The standard InChI is InChI=1S/C7H10N2O3S/c1-5-6(9-12-8-5)4-13-3-2-7(10)11/h2-4H2,1H3,(H,10,11). The van der Waals surface area contributed by atoms with Gasteiger partial charge in [0.25, 0.3) is 0 Å². The summed E-state index contributed by atoms with van der Waals surface area (Å²) in [4.78, 5) is 10.2. The molecule has 0 fully saturated rings. The molecule has 5 nitrogen and oxygen atoms in total. The van der Waals surface area contributed by atoms with Gasteiger partial charge in [-0.15, -0.1) is 0 Å². The van der Waals surface area contributed by atoms with Crippen molar-refractivity contribution >= 4 is 17.7 Å². The SMILES string of the molecule is Cc1nonc1CSCCC(=O)O. The zero-order valence-electron chi connectivity index (χ0n) is 7.19. The van der Waals surface area contributed by atoms with Crippen molar-refractivity contribution in [1.82, 2.24) is 10.3 Å². The number of hydrogen-bond donors (Lipinski definition) is 1. The molecule has 0 radical (unpaired) electrons. The van der Waals surface area contributed by atoms with Gasteiger partial charge < -0.3 is 5.11 Å². The summed E-state index contributed by atoms with van der Waals surface area (Å²) in [5.74, 6) is 0.465. The number of carboxylic acids is 1. The molecule has 1 rings (SSSR count). The average Bonchev–Trinajstić information content (AvgIpc) is 2.45. The summed E-state index contributed by atoms with van der Waals surface area (Å²) in [5.41, 5.74) is 1.55. The van der Waals surface area contributed by atoms with Gasteiger partial charge in [0.1, 0.15) is 11.4 Å². The van der Waals surface area contributed by atoms with Gasteiger partial charge in [-0.05, 0) is 6.92 Å². The lowest BCUT2D eigenvalue weighted by atomic mass is 10.4. The summed E-state index contributed by atoms with van der Waals surface area (Å²) < 4.78 is 4.49. The second-order valence-corrected chi connectivity index (χ2v) is 3.60. The number of aryl methyl sites for hydroxylation is 1. The van der Waals surface area contributed by atoms with Gasteiger partial charge in [-0.2, -0.15) is 11.8 Å². The Bertz CT molecular complexity index is 287. The molecule has 1 N–H and O–H groups in total. The lowest BCUT2D eigenvalue weighted by Crippen LogP contribution is -1.96. The zero-order chi connectivity index (χ0) is 9.68. The van der Waals surface area contributed by atoms with Crippen molar-refractivity contribution < 1.29 is 14.5 Å². The van der Waals surface area contributed by atoms with E-state index in [0.717, 1.165) is 11.4 Å². The Hall–Kier alpha value is -1.04. The number of hydrogen-bond acceptors (Lipinski definition) is 5. The van der Waals surface area contributed by atoms with Crippen molar-refractivity contribution in [2.75, 3.05) is 5.75 Å². The fraction of sp³-hybridized carbons (Fsp3) is 0.571. The lowest BCUT2D eigenvalue weighted by molar-refractivity contribution is -0.136. The van der Waals surface area contributed by atoms with E-state index in [0.29, 0.717) is 11.5 Å². The molecule has 0 aromatic carbocycles. The predicted octanol–water partition coefficient (Wildman–Crippen LogP) is 1.09. The minimum absolute atomic E-state index is 0.176. The largest absolute Gasteiger partial charge is 0.481 e. The van der Waals surface area contributed by atoms with Gasteiger partial charge in [-0.25, -0.2) is 4.63 Å². The fourth-order valence-electron chi connectivity index (χ4n) is 0.709. The van der Waals surface area contributed by atoms with E-state index >= 15 is 0 Å². The molecule has 0 aliphatic rings. The number of carboxylic acid groups (broad SMARTS) is 1. The second kappa shape index (κ2) is 4.86. The van der Waals surface area contributed by atoms with Crippen molar-refractivity contribution in [3.05, 3.63) is 11.4 Å². The van der Waals surface area contributed by atoms with E-state index in [4.69, 9.17) is 5.11 Å². The van der Waals surface area contributed by atoms with Crippen LogP contribution in [0, 0.1) is 6.92 Å². The van der Waals surface area contributed by atoms with E-state index in [2.05, 4.69) is 14.9 Å². The van der Waals surface area contributed by atoms with Crippen LogP contribution in [0.2, 0.25) is 0 Å². The first-order chi connectivity index (χ1) is 6.20. The molecule has 6 heteroatoms. The minimum atomic E-state index is -0.775. The van der Waals surface area contributed by atoms with Gasteiger partial charge in [0.15, 0.2) is 0 Å². The van der Waals surface area contributed by atoms with Gasteiger partial charge in [-0.1, -0.05) is 10.3 Å². The Morgan fingerprint density at radius 3 is 2.92 bits per heavy atom. The monoisotopic (exact) mass is 202 g/mol. The van der Waals surface area contributed by atoms with Crippen LogP contribution in [0.15, 0.2) is 4.63 Å². The maximum atomic E-state index is 10.2. The Kier molecular flexibility index (Phi) is 3.75. The third-order valence-electron chi connectivity index (χ3n) is 1.45. The van der Waals surface area contributed by atoms with E-state index in [1.165, 1.54) is 11.8 Å². The van der Waals surface area contributed by atoms with Crippen LogP contribution in [-0.2, 0) is 10.5 Å². The van der Waals surface area contributed by atoms with Crippen molar-refractivity contribution in [1.29, 1.82) is 0 Å². The van der Waals surface area contributed by atoms with Crippen LogP contribution in [-0.4, -0.2) is 27.1 Å². The lowest BCUT2D eigenvalue weighted by Gasteiger charge is -1.95. The number of carbonyl (C=O) groups is 1. The number of aliphatic carboxylic acids is 1. The first kappa shape index (κ1) is 10.0. The van der Waals surface area contributed by atoms with Gasteiger partial charge in [0.05, 0.1) is 6.42 Å². The molecular formula is C7H10N2O3S. The predicted molar refractivity (Wildman–Crippen MR) is 47.4 cm³/mol. The summed E-state index contributed by atoms with van der Waals surface area (Å²) in [7, 11) is 0. The maximum absolute atomic E-state index is 10.2. The summed E-state index contributed by atoms with van der Waals surface area (Å²) in [6.07, 6.45) is 0.176. The molecule has 1 heterocycles. The topological polar surface area (TPSA) is 76.2 Å². The maximum Gasteiger partial charge on any atom is 0.304 e. The Morgan fingerprint density at radius 1 is 1.62 bits per heavy atom. The Morgan fingerprint density at radius 2 is 2.38 bits per heavy atom. The van der Waals surface area contributed by atoms with Crippen LogP contribution < -0.4 is 0 Å². The summed E-state index contributed by atoms with van der Waals surface area (Å²) in [6, 6.07) is 0. The molecule has 0 aliphatic heterocycles. The normalized spacial score (nSPS) is 10.2. The highest BCUT2D eigenvalue weighted by molar-refractivity contribution is 7.98. The highest BCUT2D eigenvalue weighted by atomic mass is 32.2. The quantitative estimate of drug-likeness (QED) is 0.720. The third-order valence-corrected chi connectivity index (χ3v) is 2.42.